The van der Waals surface area contributed by atoms with E-state index < -0.39 is 10.0 Å². The van der Waals surface area contributed by atoms with Crippen LogP contribution < -0.4 is 5.32 Å². The van der Waals surface area contributed by atoms with Gasteiger partial charge in [-0.1, -0.05) is 48.3 Å². The number of sulfonamides is 1. The first kappa shape index (κ1) is 20.6. The van der Waals surface area contributed by atoms with E-state index in [9.17, 15) is 8.42 Å². The lowest BCUT2D eigenvalue weighted by molar-refractivity contribution is 0.256. The Kier molecular flexibility index (Phi) is 6.82. The van der Waals surface area contributed by atoms with E-state index in [4.69, 9.17) is 23.2 Å². The molecule has 27 heavy (non-hydrogen) atoms. The molecular weight excluding hydrogens is 403 g/mol. The lowest BCUT2D eigenvalue weighted by Gasteiger charge is -2.34. The maximum Gasteiger partial charge on any atom is 0.243 e. The van der Waals surface area contributed by atoms with Gasteiger partial charge >= 0.3 is 0 Å². The third-order valence-electron chi connectivity index (χ3n) is 4.98. The maximum absolute atomic E-state index is 13.4. The molecule has 3 rings (SSSR count). The number of hydrogen-bond acceptors (Lipinski definition) is 3. The third-order valence-corrected chi connectivity index (χ3v) is 7.63. The molecule has 0 bridgehead atoms. The number of nitrogens with zero attached hydrogens (tertiary/aromatic N) is 1. The Balaban J connectivity index is 1.95. The van der Waals surface area contributed by atoms with Crippen LogP contribution in [0.2, 0.25) is 10.0 Å². The Labute approximate surface area is 171 Å². The summed E-state index contributed by atoms with van der Waals surface area (Å²) in [6.07, 6.45) is 2.45. The van der Waals surface area contributed by atoms with Crippen LogP contribution in [-0.4, -0.2) is 31.9 Å². The van der Waals surface area contributed by atoms with Crippen molar-refractivity contribution in [3.8, 4) is 0 Å². The molecule has 146 valence electrons. The highest BCUT2D eigenvalue weighted by molar-refractivity contribution is 7.89. The molecule has 1 aliphatic heterocycles. The van der Waals surface area contributed by atoms with Crippen molar-refractivity contribution in [2.45, 2.75) is 43.7 Å². The van der Waals surface area contributed by atoms with E-state index in [0.29, 0.717) is 14.9 Å². The van der Waals surface area contributed by atoms with Gasteiger partial charge in [0.1, 0.15) is 0 Å². The minimum absolute atomic E-state index is 0.0449. The molecule has 0 atom stereocenters. The minimum atomic E-state index is -3.62. The predicted molar refractivity (Wildman–Crippen MR) is 111 cm³/mol. The molecule has 0 saturated carbocycles. The summed E-state index contributed by atoms with van der Waals surface area (Å²) < 4.78 is 28.5. The standard InChI is InChI=1S/C20H24Cl2N2O2S/c1-2-15-3-6-18(7-4-15)27(25,26)24(17-9-11-23-12-10-17)14-16-5-8-19(21)20(22)13-16/h3-8,13,17,23H,2,9-12,14H2,1H3. The summed E-state index contributed by atoms with van der Waals surface area (Å²) in [4.78, 5) is 0.332. The second kappa shape index (κ2) is 8.93. The summed E-state index contributed by atoms with van der Waals surface area (Å²) in [5.41, 5.74) is 1.95. The van der Waals surface area contributed by atoms with Crippen molar-refractivity contribution >= 4 is 33.2 Å². The van der Waals surface area contributed by atoms with E-state index in [1.807, 2.05) is 18.2 Å². The van der Waals surface area contributed by atoms with Gasteiger partial charge in [0.05, 0.1) is 14.9 Å². The largest absolute Gasteiger partial charge is 0.317 e. The van der Waals surface area contributed by atoms with Crippen molar-refractivity contribution in [2.75, 3.05) is 13.1 Å². The zero-order valence-corrected chi connectivity index (χ0v) is 17.6. The van der Waals surface area contributed by atoms with E-state index in [1.165, 1.54) is 0 Å². The quantitative estimate of drug-likeness (QED) is 0.739. The van der Waals surface area contributed by atoms with Gasteiger partial charge in [-0.05, 0) is 67.7 Å². The van der Waals surface area contributed by atoms with Gasteiger partial charge in [0.15, 0.2) is 0 Å². The fraction of sp³-hybridized carbons (Fsp3) is 0.400. The first-order chi connectivity index (χ1) is 12.9. The van der Waals surface area contributed by atoms with E-state index in [0.717, 1.165) is 43.5 Å². The fourth-order valence-electron chi connectivity index (χ4n) is 3.36. The molecule has 1 N–H and O–H groups in total. The Morgan fingerprint density at radius 1 is 1.00 bits per heavy atom. The van der Waals surface area contributed by atoms with Gasteiger partial charge in [-0.25, -0.2) is 8.42 Å². The van der Waals surface area contributed by atoms with Crippen molar-refractivity contribution in [3.05, 3.63) is 63.6 Å². The van der Waals surface area contributed by atoms with Crippen molar-refractivity contribution in [2.24, 2.45) is 0 Å². The minimum Gasteiger partial charge on any atom is -0.317 e. The molecule has 0 amide bonds. The molecule has 2 aromatic rings. The molecular formula is C20H24Cl2N2O2S. The van der Waals surface area contributed by atoms with E-state index >= 15 is 0 Å². The van der Waals surface area contributed by atoms with Crippen molar-refractivity contribution in [1.29, 1.82) is 0 Å². The zero-order valence-electron chi connectivity index (χ0n) is 15.3. The van der Waals surface area contributed by atoms with Crippen LogP contribution in [0.5, 0.6) is 0 Å². The number of benzene rings is 2. The van der Waals surface area contributed by atoms with E-state index in [2.05, 4.69) is 12.2 Å². The highest BCUT2D eigenvalue weighted by Gasteiger charge is 2.32. The van der Waals surface area contributed by atoms with Gasteiger partial charge < -0.3 is 5.32 Å². The highest BCUT2D eigenvalue weighted by Crippen LogP contribution is 2.28. The van der Waals surface area contributed by atoms with Gasteiger partial charge in [0.25, 0.3) is 0 Å². The van der Waals surface area contributed by atoms with E-state index in [1.54, 1.807) is 28.6 Å². The van der Waals surface area contributed by atoms with Crippen LogP contribution >= 0.6 is 23.2 Å². The molecule has 1 heterocycles. The van der Waals surface area contributed by atoms with E-state index in [-0.39, 0.29) is 12.6 Å². The number of halogens is 2. The average Bonchev–Trinajstić information content (AvgIpc) is 2.69. The number of aryl methyl sites for hydroxylation is 1. The molecule has 0 spiro atoms. The highest BCUT2D eigenvalue weighted by atomic mass is 35.5. The Bertz CT molecular complexity index is 879. The Morgan fingerprint density at radius 2 is 1.63 bits per heavy atom. The van der Waals surface area contributed by atoms with Gasteiger partial charge in [-0.3, -0.25) is 0 Å². The summed E-state index contributed by atoms with van der Waals surface area (Å²) in [7, 11) is -3.62. The van der Waals surface area contributed by atoms with Crippen LogP contribution in [0.3, 0.4) is 0 Å². The molecule has 0 aromatic heterocycles. The fourth-order valence-corrected chi connectivity index (χ4v) is 5.35. The molecule has 4 nitrogen and oxygen atoms in total. The molecule has 0 aliphatic carbocycles. The average molecular weight is 427 g/mol. The molecule has 0 unspecified atom stereocenters. The molecule has 1 saturated heterocycles. The summed E-state index contributed by atoms with van der Waals surface area (Å²) >= 11 is 12.1. The van der Waals surface area contributed by atoms with Gasteiger partial charge in [0, 0.05) is 12.6 Å². The summed E-state index contributed by atoms with van der Waals surface area (Å²) in [6, 6.07) is 12.4. The van der Waals surface area contributed by atoms with Gasteiger partial charge in [-0.2, -0.15) is 4.31 Å². The van der Waals surface area contributed by atoms with Crippen LogP contribution in [0.25, 0.3) is 0 Å². The number of hydrogen-bond donors (Lipinski definition) is 1. The first-order valence-corrected chi connectivity index (χ1v) is 11.4. The maximum atomic E-state index is 13.4. The smallest absolute Gasteiger partial charge is 0.243 e. The molecule has 2 aromatic carbocycles. The second-order valence-corrected chi connectivity index (χ2v) is 9.48. The van der Waals surface area contributed by atoms with Crippen LogP contribution in [0, 0.1) is 0 Å². The Morgan fingerprint density at radius 3 is 2.22 bits per heavy atom. The predicted octanol–water partition coefficient (Wildman–Crippen LogP) is 4.50. The third kappa shape index (κ3) is 4.84. The van der Waals surface area contributed by atoms with Crippen LogP contribution in [-0.2, 0) is 23.0 Å². The van der Waals surface area contributed by atoms with Crippen molar-refractivity contribution in [1.82, 2.24) is 9.62 Å². The lowest BCUT2D eigenvalue weighted by atomic mass is 10.1. The van der Waals surface area contributed by atoms with Crippen LogP contribution in [0.4, 0.5) is 0 Å². The molecule has 1 fully saturated rings. The summed E-state index contributed by atoms with van der Waals surface area (Å²) in [6.45, 7) is 3.95. The summed E-state index contributed by atoms with van der Waals surface area (Å²) in [5, 5.41) is 4.20. The zero-order chi connectivity index (χ0) is 19.4. The van der Waals surface area contributed by atoms with Crippen molar-refractivity contribution < 1.29 is 8.42 Å². The van der Waals surface area contributed by atoms with Crippen LogP contribution in [0.15, 0.2) is 47.4 Å². The number of piperidine rings is 1. The van der Waals surface area contributed by atoms with Crippen molar-refractivity contribution in [3.63, 3.8) is 0 Å². The Hall–Kier alpha value is -1.11. The lowest BCUT2D eigenvalue weighted by Crippen LogP contribution is -2.45. The molecule has 1 aliphatic rings. The summed E-state index contributed by atoms with van der Waals surface area (Å²) in [5.74, 6) is 0. The van der Waals surface area contributed by atoms with Crippen LogP contribution in [0.1, 0.15) is 30.9 Å². The normalized spacial score (nSPS) is 16.0. The van der Waals surface area contributed by atoms with Gasteiger partial charge in [0.2, 0.25) is 10.0 Å². The molecule has 0 radical (unpaired) electrons. The SMILES string of the molecule is CCc1ccc(S(=O)(=O)N(Cc2ccc(Cl)c(Cl)c2)C2CCNCC2)cc1. The number of rotatable bonds is 6. The second-order valence-electron chi connectivity index (χ2n) is 6.78. The monoisotopic (exact) mass is 426 g/mol. The topological polar surface area (TPSA) is 49.4 Å². The first-order valence-electron chi connectivity index (χ1n) is 9.17. The van der Waals surface area contributed by atoms with Gasteiger partial charge in [-0.15, -0.1) is 0 Å². The number of nitrogens with one attached hydrogen (secondary N) is 1. The molecule has 7 heteroatoms.